The zero-order valence-electron chi connectivity index (χ0n) is 11.5. The second-order valence-corrected chi connectivity index (χ2v) is 4.95. The number of alkyl halides is 3. The van der Waals surface area contributed by atoms with Gasteiger partial charge in [0.1, 0.15) is 11.6 Å². The van der Waals surface area contributed by atoms with Crippen molar-refractivity contribution in [1.29, 1.82) is 0 Å². The molecule has 0 atom stereocenters. The van der Waals surface area contributed by atoms with Gasteiger partial charge in [0.25, 0.3) is 5.56 Å². The van der Waals surface area contributed by atoms with E-state index < -0.39 is 17.3 Å². The van der Waals surface area contributed by atoms with Crippen LogP contribution in [0, 0.1) is 0 Å². The Labute approximate surface area is 118 Å². The minimum Gasteiger partial charge on any atom is -0.383 e. The first-order valence-electron chi connectivity index (χ1n) is 6.27. The van der Waals surface area contributed by atoms with Gasteiger partial charge in [0.2, 0.25) is 0 Å². The normalized spacial score (nSPS) is 11.9. The summed E-state index contributed by atoms with van der Waals surface area (Å²) >= 11 is 0. The fraction of sp³-hybridized carbons (Fsp3) is 0.286. The van der Waals surface area contributed by atoms with E-state index >= 15 is 0 Å². The molecule has 2 rings (SSSR count). The van der Waals surface area contributed by atoms with Crippen molar-refractivity contribution in [1.82, 2.24) is 9.97 Å². The summed E-state index contributed by atoms with van der Waals surface area (Å²) in [7, 11) is 0. The van der Waals surface area contributed by atoms with Gasteiger partial charge in [-0.15, -0.1) is 0 Å². The third-order valence-corrected chi connectivity index (χ3v) is 3.03. The predicted molar refractivity (Wildman–Crippen MR) is 73.8 cm³/mol. The lowest BCUT2D eigenvalue weighted by Crippen LogP contribution is -2.19. The molecular weight excluding hydrogens is 283 g/mol. The Hall–Kier alpha value is -2.31. The molecule has 0 unspecified atom stereocenters. The number of nitrogens with one attached hydrogen (secondary N) is 1. The summed E-state index contributed by atoms with van der Waals surface area (Å²) in [4.78, 5) is 18.4. The molecule has 0 saturated heterocycles. The maximum absolute atomic E-state index is 12.7. The van der Waals surface area contributed by atoms with Crippen LogP contribution in [0.15, 0.2) is 29.1 Å². The van der Waals surface area contributed by atoms with Gasteiger partial charge in [-0.3, -0.25) is 4.79 Å². The van der Waals surface area contributed by atoms with Crippen molar-refractivity contribution >= 4 is 5.82 Å². The van der Waals surface area contributed by atoms with Crippen LogP contribution in [0.1, 0.15) is 30.9 Å². The Morgan fingerprint density at radius 2 is 1.95 bits per heavy atom. The van der Waals surface area contributed by atoms with E-state index in [1.807, 2.05) is 0 Å². The van der Waals surface area contributed by atoms with Crippen LogP contribution in [0.3, 0.4) is 0 Å². The minimum absolute atomic E-state index is 0.0213. The summed E-state index contributed by atoms with van der Waals surface area (Å²) in [6.07, 6.45) is -4.46. The van der Waals surface area contributed by atoms with Gasteiger partial charge >= 0.3 is 6.18 Å². The quantitative estimate of drug-likeness (QED) is 0.894. The fourth-order valence-corrected chi connectivity index (χ4v) is 2.04. The van der Waals surface area contributed by atoms with E-state index in [-0.39, 0.29) is 23.1 Å². The van der Waals surface area contributed by atoms with Gasteiger partial charge in [0.05, 0.1) is 11.1 Å². The highest BCUT2D eigenvalue weighted by Gasteiger charge is 2.30. The van der Waals surface area contributed by atoms with Gasteiger partial charge in [-0.25, -0.2) is 4.98 Å². The van der Waals surface area contributed by atoms with Crippen LogP contribution in [0.4, 0.5) is 19.0 Å². The SMILES string of the molecule is CC(C)c1c(N)nc(-c2cccc(C(F)(F)F)c2)[nH]c1=O. The van der Waals surface area contributed by atoms with E-state index in [1.165, 1.54) is 12.1 Å². The highest BCUT2D eigenvalue weighted by Crippen LogP contribution is 2.31. The number of nitrogens with two attached hydrogens (primary N) is 1. The molecule has 0 bridgehead atoms. The Bertz CT molecular complexity index is 720. The number of nitrogens with zero attached hydrogens (tertiary/aromatic N) is 1. The van der Waals surface area contributed by atoms with Crippen molar-refractivity contribution in [3.63, 3.8) is 0 Å². The lowest BCUT2D eigenvalue weighted by molar-refractivity contribution is -0.137. The standard InChI is InChI=1S/C14H14F3N3O/c1-7(2)10-11(18)19-12(20-13(10)21)8-4-3-5-9(6-8)14(15,16)17/h3-7H,1-2H3,(H3,18,19,20,21). The highest BCUT2D eigenvalue weighted by atomic mass is 19.4. The van der Waals surface area contributed by atoms with Gasteiger partial charge in [-0.2, -0.15) is 13.2 Å². The van der Waals surface area contributed by atoms with E-state index in [4.69, 9.17) is 5.73 Å². The van der Waals surface area contributed by atoms with Crippen LogP contribution < -0.4 is 11.3 Å². The number of anilines is 1. The van der Waals surface area contributed by atoms with Crippen LogP contribution in [0.25, 0.3) is 11.4 Å². The average molecular weight is 297 g/mol. The fourth-order valence-electron chi connectivity index (χ4n) is 2.04. The van der Waals surface area contributed by atoms with Crippen molar-refractivity contribution in [3.05, 3.63) is 45.7 Å². The summed E-state index contributed by atoms with van der Waals surface area (Å²) in [5, 5.41) is 0. The second-order valence-electron chi connectivity index (χ2n) is 4.95. The van der Waals surface area contributed by atoms with Gasteiger partial charge in [0, 0.05) is 5.56 Å². The number of hydrogen-bond acceptors (Lipinski definition) is 3. The maximum Gasteiger partial charge on any atom is 0.416 e. The topological polar surface area (TPSA) is 71.8 Å². The number of rotatable bonds is 2. The van der Waals surface area contributed by atoms with Crippen LogP contribution in [-0.2, 0) is 6.18 Å². The molecule has 21 heavy (non-hydrogen) atoms. The van der Waals surface area contributed by atoms with Crippen LogP contribution in [0.5, 0.6) is 0 Å². The predicted octanol–water partition coefficient (Wildman–Crippen LogP) is 3.16. The first kappa shape index (κ1) is 15.1. The molecule has 1 aromatic heterocycles. The molecule has 3 N–H and O–H groups in total. The Balaban J connectivity index is 2.56. The number of aromatic amines is 1. The molecule has 112 valence electrons. The molecule has 2 aromatic rings. The van der Waals surface area contributed by atoms with Crippen molar-refractivity contribution < 1.29 is 13.2 Å². The Morgan fingerprint density at radius 1 is 1.29 bits per heavy atom. The number of nitrogen functional groups attached to an aromatic ring is 1. The molecule has 0 spiro atoms. The van der Waals surface area contributed by atoms with Crippen molar-refractivity contribution in [2.45, 2.75) is 25.9 Å². The smallest absolute Gasteiger partial charge is 0.383 e. The largest absolute Gasteiger partial charge is 0.416 e. The van der Waals surface area contributed by atoms with E-state index in [1.54, 1.807) is 13.8 Å². The molecule has 1 heterocycles. The number of aromatic nitrogens is 2. The summed E-state index contributed by atoms with van der Waals surface area (Å²) in [5.74, 6) is -0.0778. The van der Waals surface area contributed by atoms with E-state index in [0.29, 0.717) is 5.56 Å². The first-order chi connectivity index (χ1) is 9.70. The molecule has 0 amide bonds. The monoisotopic (exact) mass is 297 g/mol. The summed E-state index contributed by atoms with van der Waals surface area (Å²) < 4.78 is 38.1. The molecule has 0 aliphatic rings. The molecular formula is C14H14F3N3O. The second kappa shape index (κ2) is 5.23. The molecule has 4 nitrogen and oxygen atoms in total. The Morgan fingerprint density at radius 3 is 2.48 bits per heavy atom. The highest BCUT2D eigenvalue weighted by molar-refractivity contribution is 5.59. The van der Waals surface area contributed by atoms with Crippen molar-refractivity contribution in [2.75, 3.05) is 5.73 Å². The summed E-state index contributed by atoms with van der Waals surface area (Å²) in [6, 6.07) is 4.56. The number of hydrogen-bond donors (Lipinski definition) is 2. The van der Waals surface area contributed by atoms with Gasteiger partial charge in [-0.05, 0) is 18.1 Å². The van der Waals surface area contributed by atoms with Gasteiger partial charge in [0.15, 0.2) is 0 Å². The van der Waals surface area contributed by atoms with Crippen LogP contribution in [-0.4, -0.2) is 9.97 Å². The number of H-pyrrole nitrogens is 1. The van der Waals surface area contributed by atoms with Crippen molar-refractivity contribution in [2.24, 2.45) is 0 Å². The molecule has 7 heteroatoms. The lowest BCUT2D eigenvalue weighted by Gasteiger charge is -2.11. The van der Waals surface area contributed by atoms with Gasteiger partial charge < -0.3 is 10.7 Å². The van der Waals surface area contributed by atoms with Crippen molar-refractivity contribution in [3.8, 4) is 11.4 Å². The maximum atomic E-state index is 12.7. The number of halogens is 3. The Kier molecular flexibility index (Phi) is 3.76. The minimum atomic E-state index is -4.46. The third kappa shape index (κ3) is 3.07. The summed E-state index contributed by atoms with van der Waals surface area (Å²) in [6.45, 7) is 3.57. The molecule has 0 aliphatic carbocycles. The van der Waals surface area contributed by atoms with E-state index in [2.05, 4.69) is 9.97 Å². The zero-order valence-corrected chi connectivity index (χ0v) is 11.5. The molecule has 0 fully saturated rings. The van der Waals surface area contributed by atoms with Crippen LogP contribution >= 0.6 is 0 Å². The summed E-state index contributed by atoms with van der Waals surface area (Å²) in [5.41, 5.74) is 4.96. The van der Waals surface area contributed by atoms with E-state index in [9.17, 15) is 18.0 Å². The van der Waals surface area contributed by atoms with E-state index in [0.717, 1.165) is 12.1 Å². The van der Waals surface area contributed by atoms with Gasteiger partial charge in [-0.1, -0.05) is 26.0 Å². The third-order valence-electron chi connectivity index (χ3n) is 3.03. The molecule has 0 aliphatic heterocycles. The molecule has 0 saturated carbocycles. The molecule has 1 aromatic carbocycles. The van der Waals surface area contributed by atoms with Crippen LogP contribution in [0.2, 0.25) is 0 Å². The average Bonchev–Trinajstić information content (AvgIpc) is 2.36. The lowest BCUT2D eigenvalue weighted by atomic mass is 10.1. The molecule has 0 radical (unpaired) electrons. The number of benzene rings is 1. The first-order valence-corrected chi connectivity index (χ1v) is 6.27. The zero-order chi connectivity index (χ0) is 15.8.